The van der Waals surface area contributed by atoms with Gasteiger partial charge in [-0.2, -0.15) is 0 Å². The number of ketones is 1. The highest BCUT2D eigenvalue weighted by atomic mass is 32.2. The molecule has 0 aliphatic rings. The molecule has 0 bridgehead atoms. The lowest BCUT2D eigenvalue weighted by molar-refractivity contribution is 0.102. The molecule has 0 amide bonds. The summed E-state index contributed by atoms with van der Waals surface area (Å²) >= 11 is 3.19. The highest BCUT2D eigenvalue weighted by molar-refractivity contribution is 7.99. The number of nitrogens with one attached hydrogen (secondary N) is 1. The number of H-pyrrole nitrogens is 1. The topological polar surface area (TPSA) is 63.6 Å². The van der Waals surface area contributed by atoms with E-state index in [9.17, 15) is 4.79 Å². The average Bonchev–Trinajstić information content (AvgIpc) is 3.35. The van der Waals surface area contributed by atoms with Crippen molar-refractivity contribution in [2.45, 2.75) is 36.2 Å². The number of carbonyl (C=O) groups excluding carboxylic acids is 1. The Balaban J connectivity index is 1.42. The summed E-state index contributed by atoms with van der Waals surface area (Å²) in [6.45, 7) is 4.94. The molecule has 0 aliphatic heterocycles. The predicted octanol–water partition coefficient (Wildman–Crippen LogP) is 5.36. The van der Waals surface area contributed by atoms with Gasteiger partial charge in [0.2, 0.25) is 0 Å². The Morgan fingerprint density at radius 3 is 2.66 bits per heavy atom. The molecule has 0 spiro atoms. The third-order valence-electron chi connectivity index (χ3n) is 4.72. The zero-order valence-corrected chi connectivity index (χ0v) is 18.0. The third-order valence-corrected chi connectivity index (χ3v) is 6.70. The summed E-state index contributed by atoms with van der Waals surface area (Å²) < 4.78 is 2.09. The normalized spacial score (nSPS) is 11.2. The van der Waals surface area contributed by atoms with Crippen molar-refractivity contribution in [2.24, 2.45) is 0 Å². The number of carbonyl (C=O) groups is 1. The Morgan fingerprint density at radius 2 is 1.86 bits per heavy atom. The molecule has 2 aromatic heterocycles. The van der Waals surface area contributed by atoms with Crippen LogP contribution in [0.4, 0.5) is 0 Å². The maximum Gasteiger partial charge on any atom is 0.191 e. The first-order valence-corrected chi connectivity index (χ1v) is 11.5. The van der Waals surface area contributed by atoms with Crippen LogP contribution in [0.2, 0.25) is 0 Å². The summed E-state index contributed by atoms with van der Waals surface area (Å²) in [6, 6.07) is 16.3. The molecule has 7 heteroatoms. The van der Waals surface area contributed by atoms with Crippen LogP contribution in [0.1, 0.15) is 28.7 Å². The summed E-state index contributed by atoms with van der Waals surface area (Å²) in [4.78, 5) is 17.1. The molecule has 2 heterocycles. The monoisotopic (exact) mass is 422 g/mol. The molecule has 0 saturated heterocycles. The largest absolute Gasteiger partial charge is 0.360 e. The molecule has 5 nitrogen and oxygen atoms in total. The molecule has 4 rings (SSSR count). The smallest absolute Gasteiger partial charge is 0.191 e. The van der Waals surface area contributed by atoms with Crippen LogP contribution < -0.4 is 0 Å². The highest BCUT2D eigenvalue weighted by Crippen LogP contribution is 2.26. The third kappa shape index (κ3) is 4.41. The van der Waals surface area contributed by atoms with Crippen LogP contribution in [0.3, 0.4) is 0 Å². The van der Waals surface area contributed by atoms with E-state index >= 15 is 0 Å². The molecule has 0 fully saturated rings. The van der Waals surface area contributed by atoms with Crippen molar-refractivity contribution >= 4 is 40.2 Å². The number of hydrogen-bond donors (Lipinski definition) is 1. The van der Waals surface area contributed by atoms with E-state index in [2.05, 4.69) is 57.9 Å². The molecule has 0 saturated carbocycles. The van der Waals surface area contributed by atoms with Gasteiger partial charge in [0.15, 0.2) is 10.9 Å². The molecule has 0 unspecified atom stereocenters. The van der Waals surface area contributed by atoms with Gasteiger partial charge in [-0.3, -0.25) is 4.79 Å². The number of fused-ring (bicyclic) bond motifs is 1. The predicted molar refractivity (Wildman–Crippen MR) is 120 cm³/mol. The van der Waals surface area contributed by atoms with E-state index in [0.29, 0.717) is 5.75 Å². The van der Waals surface area contributed by atoms with Crippen LogP contribution in [-0.4, -0.2) is 31.3 Å². The van der Waals surface area contributed by atoms with Crippen LogP contribution in [0, 0.1) is 6.92 Å². The van der Waals surface area contributed by atoms with Crippen LogP contribution >= 0.6 is 23.5 Å². The second-order valence-corrected chi connectivity index (χ2v) is 8.70. The molecule has 148 valence electrons. The number of thioether (sulfide) groups is 2. The van der Waals surface area contributed by atoms with Gasteiger partial charge in [0.05, 0.1) is 11.5 Å². The molecule has 0 aliphatic carbocycles. The van der Waals surface area contributed by atoms with Gasteiger partial charge in [0.25, 0.3) is 0 Å². The summed E-state index contributed by atoms with van der Waals surface area (Å²) in [6.07, 6.45) is 1.79. The van der Waals surface area contributed by atoms with Crippen molar-refractivity contribution in [2.75, 3.05) is 5.75 Å². The van der Waals surface area contributed by atoms with Gasteiger partial charge in [-0.05, 0) is 32.0 Å². The fourth-order valence-corrected chi connectivity index (χ4v) is 4.89. The van der Waals surface area contributed by atoms with Crippen LogP contribution in [0.25, 0.3) is 10.9 Å². The van der Waals surface area contributed by atoms with Gasteiger partial charge < -0.3 is 9.55 Å². The van der Waals surface area contributed by atoms with Gasteiger partial charge in [0, 0.05) is 34.1 Å². The van der Waals surface area contributed by atoms with E-state index in [-0.39, 0.29) is 5.78 Å². The minimum absolute atomic E-state index is 0.0914. The first-order chi connectivity index (χ1) is 14.2. The number of nitrogens with zero attached hydrogens (tertiary/aromatic N) is 3. The molecule has 0 radical (unpaired) electrons. The van der Waals surface area contributed by atoms with Crippen molar-refractivity contribution in [1.82, 2.24) is 19.7 Å². The Labute approximate surface area is 178 Å². The van der Waals surface area contributed by atoms with Crippen molar-refractivity contribution in [3.63, 3.8) is 0 Å². The molecule has 2 aromatic carbocycles. The Hall–Kier alpha value is -2.51. The number of aromatic amines is 1. The highest BCUT2D eigenvalue weighted by Gasteiger charge is 2.16. The summed E-state index contributed by atoms with van der Waals surface area (Å²) in [5.74, 6) is 2.11. The quantitative estimate of drug-likeness (QED) is 0.306. The van der Waals surface area contributed by atoms with E-state index in [4.69, 9.17) is 0 Å². The Kier molecular flexibility index (Phi) is 6.06. The van der Waals surface area contributed by atoms with E-state index in [1.807, 2.05) is 24.3 Å². The fourth-order valence-electron chi connectivity index (χ4n) is 3.14. The van der Waals surface area contributed by atoms with E-state index in [1.165, 1.54) is 22.2 Å². The van der Waals surface area contributed by atoms with Crippen molar-refractivity contribution in [1.29, 1.82) is 0 Å². The number of benzene rings is 2. The van der Waals surface area contributed by atoms with Crippen LogP contribution in [0.5, 0.6) is 0 Å². The number of para-hydroxylation sites is 1. The maximum atomic E-state index is 12.7. The number of hydrogen-bond acceptors (Lipinski definition) is 5. The number of Topliss-reactive ketones (excluding diaryl/α,β-unsaturated/α-hetero) is 1. The standard InChI is InChI=1S/C22H22N4OS2/c1-3-26-21(14-28-16-10-8-15(2)9-11-16)24-25-22(26)29-13-20(27)18-12-23-19-7-5-4-6-17(18)19/h4-12,23H,3,13-14H2,1-2H3. The number of rotatable bonds is 8. The lowest BCUT2D eigenvalue weighted by Crippen LogP contribution is -2.05. The second-order valence-electron chi connectivity index (χ2n) is 6.70. The Morgan fingerprint density at radius 1 is 1.07 bits per heavy atom. The average molecular weight is 423 g/mol. The molecule has 4 aromatic rings. The molecule has 29 heavy (non-hydrogen) atoms. The minimum Gasteiger partial charge on any atom is -0.360 e. The lowest BCUT2D eigenvalue weighted by Gasteiger charge is -2.07. The lowest BCUT2D eigenvalue weighted by atomic mass is 10.1. The number of aromatic nitrogens is 4. The molecular formula is C22H22N4OS2. The van der Waals surface area contributed by atoms with Crippen molar-refractivity contribution < 1.29 is 4.79 Å². The van der Waals surface area contributed by atoms with E-state index < -0.39 is 0 Å². The maximum absolute atomic E-state index is 12.7. The molecule has 0 atom stereocenters. The van der Waals surface area contributed by atoms with Crippen LogP contribution in [-0.2, 0) is 12.3 Å². The van der Waals surface area contributed by atoms with Crippen molar-refractivity contribution in [3.05, 3.63) is 71.7 Å². The van der Waals surface area contributed by atoms with Gasteiger partial charge in [-0.15, -0.1) is 22.0 Å². The van der Waals surface area contributed by atoms with Gasteiger partial charge in [-0.1, -0.05) is 47.7 Å². The second kappa shape index (κ2) is 8.88. The van der Waals surface area contributed by atoms with E-state index in [1.54, 1.807) is 18.0 Å². The summed E-state index contributed by atoms with van der Waals surface area (Å²) in [5.41, 5.74) is 2.96. The summed E-state index contributed by atoms with van der Waals surface area (Å²) in [7, 11) is 0. The SMILES string of the molecule is CCn1c(CSc2ccc(C)cc2)nnc1SCC(=O)c1c[nH]c2ccccc12. The van der Waals surface area contributed by atoms with Crippen molar-refractivity contribution in [3.8, 4) is 0 Å². The molecule has 1 N–H and O–H groups in total. The van der Waals surface area contributed by atoms with E-state index in [0.717, 1.165) is 39.7 Å². The first-order valence-electron chi connectivity index (χ1n) is 9.49. The van der Waals surface area contributed by atoms with Gasteiger partial charge in [-0.25, -0.2) is 0 Å². The van der Waals surface area contributed by atoms with Gasteiger partial charge in [0.1, 0.15) is 5.82 Å². The molecular weight excluding hydrogens is 400 g/mol. The number of aryl methyl sites for hydroxylation is 1. The zero-order valence-electron chi connectivity index (χ0n) is 16.4. The van der Waals surface area contributed by atoms with Gasteiger partial charge >= 0.3 is 0 Å². The fraction of sp³-hybridized carbons (Fsp3) is 0.227. The first kappa shape index (κ1) is 19.8. The minimum atomic E-state index is 0.0914. The zero-order chi connectivity index (χ0) is 20.2. The van der Waals surface area contributed by atoms with Crippen LogP contribution in [0.15, 0.2) is 64.8 Å². The summed E-state index contributed by atoms with van der Waals surface area (Å²) in [5, 5.41) is 10.5. The Bertz CT molecular complexity index is 1130.